The minimum Gasteiger partial charge on any atom is -0.445 e. The molecule has 2 aliphatic heterocycles. The van der Waals surface area contributed by atoms with Crippen LogP contribution in [0.4, 0.5) is 27.9 Å². The van der Waals surface area contributed by atoms with Crippen LogP contribution in [-0.2, 0) is 22.5 Å². The molecule has 2 aliphatic rings. The molecule has 3 N–H and O–H groups in total. The second-order valence-corrected chi connectivity index (χ2v) is 10.5. The van der Waals surface area contributed by atoms with E-state index in [1.165, 1.54) is 0 Å². The summed E-state index contributed by atoms with van der Waals surface area (Å²) in [7, 11) is 0. The molecule has 1 fully saturated rings. The molecule has 1 aromatic heterocycles. The van der Waals surface area contributed by atoms with Gasteiger partial charge in [-0.2, -0.15) is 15.8 Å². The minimum atomic E-state index is -0.326. The number of ether oxygens (including phenoxy) is 2. The van der Waals surface area contributed by atoms with Crippen LogP contribution in [0.2, 0.25) is 0 Å². The number of nitrogens with one attached hydrogen (secondary N) is 1. The molecule has 0 saturated carbocycles. The minimum absolute atomic E-state index is 0.0263. The molecule has 3 aromatic carbocycles. The van der Waals surface area contributed by atoms with Gasteiger partial charge in [-0.3, -0.25) is 0 Å². The molecule has 214 valence electrons. The molecule has 3 unspecified atom stereocenters. The first kappa shape index (κ1) is 27.5. The van der Waals surface area contributed by atoms with Crippen LogP contribution >= 0.6 is 0 Å². The Bertz CT molecular complexity index is 1570. The number of carbonyl (C=O) groups excluding carboxylic acids is 1. The number of hydrogen-bond donors (Lipinski definition) is 2. The molecule has 0 spiro atoms. The van der Waals surface area contributed by atoms with E-state index in [2.05, 4.69) is 34.3 Å². The molecule has 4 aromatic rings. The van der Waals surface area contributed by atoms with Crippen molar-refractivity contribution in [1.82, 2.24) is 19.5 Å². The number of benzene rings is 3. The standard InChI is InChI=1S/C32H34N7O3/c1-23(26-10-6-3-7-11-26)36-31-34-15-14-30(37-31)39(33)22-35-28-19-25(12-13-29(28)39)18-27-20-38(16-17-41-27)32(40)42-21-24-8-4-2-5-9-24/h2-15,19,22-23,27H,16-18,20-21,33H2,1H3,(H,34,36,37)/q+1. The first-order chi connectivity index (χ1) is 20.5. The predicted molar refractivity (Wildman–Crippen MR) is 162 cm³/mol. The second-order valence-electron chi connectivity index (χ2n) is 10.5. The first-order valence-electron chi connectivity index (χ1n) is 14.1. The lowest BCUT2D eigenvalue weighted by Crippen LogP contribution is -2.49. The normalized spacial score (nSPS) is 20.1. The molecule has 1 amide bonds. The van der Waals surface area contributed by atoms with E-state index < -0.39 is 0 Å². The van der Waals surface area contributed by atoms with Gasteiger partial charge < -0.3 is 19.7 Å². The third-order valence-electron chi connectivity index (χ3n) is 7.55. The number of carbonyl (C=O) groups is 1. The average molecular weight is 565 g/mol. The van der Waals surface area contributed by atoms with Crippen molar-refractivity contribution in [3.8, 4) is 0 Å². The average Bonchev–Trinajstić information content (AvgIpc) is 3.37. The number of quaternary nitrogens is 1. The van der Waals surface area contributed by atoms with E-state index >= 15 is 0 Å². The molecule has 3 heterocycles. The van der Waals surface area contributed by atoms with Gasteiger partial charge in [0.1, 0.15) is 12.3 Å². The molecule has 1 saturated heterocycles. The van der Waals surface area contributed by atoms with Gasteiger partial charge in [-0.25, -0.2) is 9.78 Å². The Hall–Kier alpha value is -4.64. The summed E-state index contributed by atoms with van der Waals surface area (Å²) >= 11 is 0. The van der Waals surface area contributed by atoms with Gasteiger partial charge in [-0.15, -0.1) is 4.59 Å². The van der Waals surface area contributed by atoms with Crippen LogP contribution in [0, 0.1) is 0 Å². The first-order valence-corrected chi connectivity index (χ1v) is 14.1. The van der Waals surface area contributed by atoms with Crippen LogP contribution in [0.1, 0.15) is 29.7 Å². The number of morpholine rings is 1. The maximum atomic E-state index is 12.7. The number of fused-ring (bicyclic) bond motifs is 1. The van der Waals surface area contributed by atoms with Gasteiger partial charge in [0.15, 0.2) is 5.69 Å². The topological polar surface area (TPSA) is 115 Å². The Labute approximate surface area is 245 Å². The third kappa shape index (κ3) is 6.01. The van der Waals surface area contributed by atoms with Crippen LogP contribution in [0.5, 0.6) is 0 Å². The maximum Gasteiger partial charge on any atom is 0.410 e. The summed E-state index contributed by atoms with van der Waals surface area (Å²) in [4.78, 5) is 28.2. The van der Waals surface area contributed by atoms with Crippen molar-refractivity contribution in [2.24, 2.45) is 10.8 Å². The molecule has 0 aliphatic carbocycles. The smallest absolute Gasteiger partial charge is 0.410 e. The van der Waals surface area contributed by atoms with Gasteiger partial charge in [0, 0.05) is 31.3 Å². The lowest BCUT2D eigenvalue weighted by atomic mass is 10.0. The van der Waals surface area contributed by atoms with E-state index in [4.69, 9.17) is 20.3 Å². The number of nitrogens with zero attached hydrogens (tertiary/aromatic N) is 5. The monoisotopic (exact) mass is 564 g/mol. The maximum absolute atomic E-state index is 12.7. The van der Waals surface area contributed by atoms with Crippen LogP contribution in [0.25, 0.3) is 0 Å². The number of hydrogen-bond acceptors (Lipinski definition) is 8. The SMILES string of the molecule is CC(Nc1nccc([N+]2(N)C=Nc3cc(CC4CN(C(=O)OCc5ccccc5)CCO4)ccc32)n1)c1ccccc1. The van der Waals surface area contributed by atoms with Gasteiger partial charge in [-0.05, 0) is 29.7 Å². The third-order valence-corrected chi connectivity index (χ3v) is 7.55. The summed E-state index contributed by atoms with van der Waals surface area (Å²) in [6, 6.07) is 27.7. The summed E-state index contributed by atoms with van der Waals surface area (Å²) in [5, 5.41) is 3.36. The lowest BCUT2D eigenvalue weighted by molar-refractivity contribution is -0.0275. The Morgan fingerprint density at radius 2 is 1.88 bits per heavy atom. The zero-order valence-corrected chi connectivity index (χ0v) is 23.5. The molecular weight excluding hydrogens is 530 g/mol. The van der Waals surface area contributed by atoms with Crippen LogP contribution < -0.4 is 15.8 Å². The Morgan fingerprint density at radius 1 is 1.10 bits per heavy atom. The molecule has 10 nitrogen and oxygen atoms in total. The molecule has 0 radical (unpaired) electrons. The van der Waals surface area contributed by atoms with Gasteiger partial charge in [0.25, 0.3) is 5.82 Å². The van der Waals surface area contributed by atoms with E-state index in [1.807, 2.05) is 66.7 Å². The molecule has 0 bridgehead atoms. The fraction of sp³-hybridized carbons (Fsp3) is 0.250. The fourth-order valence-corrected chi connectivity index (χ4v) is 5.24. The Kier molecular flexibility index (Phi) is 7.91. The summed E-state index contributed by atoms with van der Waals surface area (Å²) in [6.07, 6.45) is 3.54. The van der Waals surface area contributed by atoms with Gasteiger partial charge >= 0.3 is 6.09 Å². The Balaban J connectivity index is 1.10. The largest absolute Gasteiger partial charge is 0.445 e. The van der Waals surface area contributed by atoms with Crippen molar-refractivity contribution < 1.29 is 14.3 Å². The van der Waals surface area contributed by atoms with Crippen LogP contribution in [-0.4, -0.2) is 53.1 Å². The highest BCUT2D eigenvalue weighted by Crippen LogP contribution is 2.41. The molecule has 10 heteroatoms. The molecule has 42 heavy (non-hydrogen) atoms. The van der Waals surface area contributed by atoms with Gasteiger partial charge in [0.2, 0.25) is 12.3 Å². The van der Waals surface area contributed by atoms with E-state index in [1.54, 1.807) is 23.5 Å². The van der Waals surface area contributed by atoms with Gasteiger partial charge in [-0.1, -0.05) is 66.7 Å². The summed E-state index contributed by atoms with van der Waals surface area (Å²) < 4.78 is 11.4. The fourth-order valence-electron chi connectivity index (χ4n) is 5.24. The number of nitrogens with two attached hydrogens (primary N) is 1. The highest BCUT2D eigenvalue weighted by molar-refractivity contribution is 5.93. The number of aromatic nitrogens is 2. The number of rotatable bonds is 8. The van der Waals surface area contributed by atoms with E-state index in [-0.39, 0.29) is 29.4 Å². The molecule has 3 atom stereocenters. The number of aliphatic imine (C=N–C) groups is 1. The van der Waals surface area contributed by atoms with Crippen molar-refractivity contribution in [2.45, 2.75) is 32.1 Å². The van der Waals surface area contributed by atoms with Crippen molar-refractivity contribution in [2.75, 3.05) is 25.0 Å². The van der Waals surface area contributed by atoms with E-state index in [9.17, 15) is 4.79 Å². The molecule has 6 rings (SSSR count). The highest BCUT2D eigenvalue weighted by Gasteiger charge is 2.38. The number of amides is 1. The zero-order valence-electron chi connectivity index (χ0n) is 23.5. The van der Waals surface area contributed by atoms with Crippen molar-refractivity contribution in [3.63, 3.8) is 0 Å². The summed E-state index contributed by atoms with van der Waals surface area (Å²) in [5.41, 5.74) is 4.73. The lowest BCUT2D eigenvalue weighted by Gasteiger charge is -2.32. The van der Waals surface area contributed by atoms with E-state index in [0.29, 0.717) is 37.9 Å². The summed E-state index contributed by atoms with van der Waals surface area (Å²) in [6.45, 7) is 3.74. The molecular formula is C32H34N7O3+. The highest BCUT2D eigenvalue weighted by atomic mass is 16.6. The van der Waals surface area contributed by atoms with Crippen LogP contribution in [0.3, 0.4) is 0 Å². The zero-order chi connectivity index (χ0) is 28.9. The summed E-state index contributed by atoms with van der Waals surface area (Å²) in [5.74, 6) is 7.94. The second kappa shape index (κ2) is 12.1. The van der Waals surface area contributed by atoms with Crippen molar-refractivity contribution in [1.29, 1.82) is 0 Å². The van der Waals surface area contributed by atoms with Crippen molar-refractivity contribution in [3.05, 3.63) is 108 Å². The Morgan fingerprint density at radius 3 is 2.69 bits per heavy atom. The predicted octanol–water partition coefficient (Wildman–Crippen LogP) is 5.42. The quantitative estimate of drug-likeness (QED) is 0.217. The number of anilines is 1. The van der Waals surface area contributed by atoms with Crippen LogP contribution in [0.15, 0.2) is 96.1 Å². The van der Waals surface area contributed by atoms with Crippen molar-refractivity contribution >= 4 is 35.6 Å². The van der Waals surface area contributed by atoms with Gasteiger partial charge in [0.05, 0.1) is 25.3 Å². The van der Waals surface area contributed by atoms with E-state index in [0.717, 1.165) is 28.1 Å².